The molecule has 0 radical (unpaired) electrons. The maximum atomic E-state index is 11.5. The fourth-order valence-electron chi connectivity index (χ4n) is 2.63. The average Bonchev–Trinajstić information content (AvgIpc) is 3.23. The van der Waals surface area contributed by atoms with Gasteiger partial charge < -0.3 is 15.0 Å². The van der Waals surface area contributed by atoms with Gasteiger partial charge in [-0.3, -0.25) is 0 Å². The van der Waals surface area contributed by atoms with Gasteiger partial charge in [0.25, 0.3) is 0 Å². The molecular weight excluding hydrogens is 350 g/mol. The van der Waals surface area contributed by atoms with Crippen molar-refractivity contribution in [2.75, 3.05) is 18.9 Å². The first kappa shape index (κ1) is 16.5. The number of ether oxygens (including phenoxy) is 1. The minimum atomic E-state index is -0.318. The predicted octanol–water partition coefficient (Wildman–Crippen LogP) is 3.78. The monoisotopic (exact) mass is 367 g/mol. The molecule has 1 saturated heterocycles. The Morgan fingerprint density at radius 1 is 1.27 bits per heavy atom. The first-order valence-electron chi connectivity index (χ1n) is 8.13. The van der Waals surface area contributed by atoms with Crippen LogP contribution in [0.25, 0.3) is 10.6 Å². The van der Waals surface area contributed by atoms with E-state index < -0.39 is 0 Å². The van der Waals surface area contributed by atoms with Gasteiger partial charge in [0, 0.05) is 19.4 Å². The zero-order chi connectivity index (χ0) is 18.1. The smallest absolute Gasteiger partial charge is 0.410 e. The maximum absolute atomic E-state index is 11.5. The Kier molecular flexibility index (Phi) is 4.26. The molecule has 0 spiro atoms. The van der Waals surface area contributed by atoms with Gasteiger partial charge >= 0.3 is 6.09 Å². The molecule has 3 aromatic rings. The van der Waals surface area contributed by atoms with Crippen LogP contribution in [0.3, 0.4) is 0 Å². The second kappa shape index (κ2) is 6.72. The van der Waals surface area contributed by atoms with Crippen molar-refractivity contribution in [2.45, 2.75) is 13.0 Å². The fraction of sp³-hybridized carbons (Fsp3) is 0.222. The number of carbonyl (C=O) groups excluding carboxylic acids is 1. The van der Waals surface area contributed by atoms with Crippen molar-refractivity contribution in [1.29, 1.82) is 0 Å². The summed E-state index contributed by atoms with van der Waals surface area (Å²) in [6, 6.07) is 9.66. The van der Waals surface area contributed by atoms with E-state index in [1.54, 1.807) is 24.3 Å². The molecule has 26 heavy (non-hydrogen) atoms. The summed E-state index contributed by atoms with van der Waals surface area (Å²) in [7, 11) is 1.72. The van der Waals surface area contributed by atoms with Crippen LogP contribution in [0.2, 0.25) is 0 Å². The van der Waals surface area contributed by atoms with E-state index in [2.05, 4.69) is 20.3 Å². The molecule has 3 aromatic heterocycles. The van der Waals surface area contributed by atoms with E-state index in [0.717, 1.165) is 27.0 Å². The van der Waals surface area contributed by atoms with Crippen LogP contribution >= 0.6 is 11.3 Å². The van der Waals surface area contributed by atoms with Gasteiger partial charge in [0.2, 0.25) is 0 Å². The molecule has 0 aliphatic carbocycles. The number of nitrogens with zero attached hydrogens (tertiary/aromatic N) is 4. The third-order valence-corrected chi connectivity index (χ3v) is 5.08. The zero-order valence-electron chi connectivity index (χ0n) is 14.3. The highest BCUT2D eigenvalue weighted by Crippen LogP contribution is 2.33. The predicted molar refractivity (Wildman–Crippen MR) is 99.5 cm³/mol. The van der Waals surface area contributed by atoms with Crippen LogP contribution in [0.15, 0.2) is 42.7 Å². The number of cyclic esters (lactones) is 1. The molecule has 0 saturated carbocycles. The van der Waals surface area contributed by atoms with Gasteiger partial charge in [0.1, 0.15) is 16.6 Å². The number of thiazole rings is 1. The lowest BCUT2D eigenvalue weighted by atomic mass is 10.3. The number of carbonyl (C=O) groups is 1. The number of aryl methyl sites for hydroxylation is 1. The summed E-state index contributed by atoms with van der Waals surface area (Å²) in [6.07, 6.45) is 2.89. The van der Waals surface area contributed by atoms with Crippen LogP contribution in [0, 0.1) is 6.92 Å². The summed E-state index contributed by atoms with van der Waals surface area (Å²) in [4.78, 5) is 27.3. The van der Waals surface area contributed by atoms with Crippen molar-refractivity contribution in [2.24, 2.45) is 0 Å². The average molecular weight is 367 g/mol. The Labute approximate surface area is 154 Å². The van der Waals surface area contributed by atoms with E-state index in [0.29, 0.717) is 12.4 Å². The summed E-state index contributed by atoms with van der Waals surface area (Å²) < 4.78 is 5.32. The van der Waals surface area contributed by atoms with E-state index in [-0.39, 0.29) is 12.2 Å². The second-order valence-electron chi connectivity index (χ2n) is 6.07. The van der Waals surface area contributed by atoms with E-state index >= 15 is 0 Å². The Bertz CT molecular complexity index is 958. The Balaban J connectivity index is 1.54. The van der Waals surface area contributed by atoms with Crippen molar-refractivity contribution in [1.82, 2.24) is 19.9 Å². The first-order valence-corrected chi connectivity index (χ1v) is 8.95. The number of hydrogen-bond acceptors (Lipinski definition) is 7. The Hall–Kier alpha value is -3.00. The molecule has 8 heteroatoms. The van der Waals surface area contributed by atoms with E-state index in [9.17, 15) is 4.79 Å². The third-order valence-electron chi connectivity index (χ3n) is 3.97. The molecule has 1 amide bonds. The normalized spacial score (nSPS) is 16.6. The lowest BCUT2D eigenvalue weighted by molar-refractivity contribution is 0.134. The molecular formula is C18H17N5O2S. The number of hydrogen-bond donors (Lipinski definition) is 1. The molecule has 1 aliphatic heterocycles. The van der Waals surface area contributed by atoms with Crippen molar-refractivity contribution in [3.05, 3.63) is 53.3 Å². The molecule has 4 heterocycles. The molecule has 0 bridgehead atoms. The van der Waals surface area contributed by atoms with Gasteiger partial charge in [0.05, 0.1) is 17.1 Å². The van der Waals surface area contributed by atoms with E-state index in [1.807, 2.05) is 37.3 Å². The number of likely N-dealkylation sites (N-methyl/N-ethyl adjacent to an activating group) is 1. The number of amides is 1. The minimum Gasteiger partial charge on any atom is -0.437 e. The van der Waals surface area contributed by atoms with Gasteiger partial charge in [-0.25, -0.2) is 19.7 Å². The van der Waals surface area contributed by atoms with Crippen LogP contribution < -0.4 is 5.32 Å². The van der Waals surface area contributed by atoms with Crippen molar-refractivity contribution < 1.29 is 9.53 Å². The highest BCUT2D eigenvalue weighted by Gasteiger charge is 2.31. The first-order chi connectivity index (χ1) is 12.6. The fourth-order valence-corrected chi connectivity index (χ4v) is 3.54. The summed E-state index contributed by atoms with van der Waals surface area (Å²) in [5.74, 6) is 1.46. The van der Waals surface area contributed by atoms with Gasteiger partial charge in [-0.15, -0.1) is 11.3 Å². The topological polar surface area (TPSA) is 80.2 Å². The summed E-state index contributed by atoms with van der Waals surface area (Å²) in [5.41, 5.74) is 1.94. The number of anilines is 2. The quantitative estimate of drug-likeness (QED) is 0.756. The molecule has 1 atom stereocenters. The van der Waals surface area contributed by atoms with Crippen molar-refractivity contribution in [3.63, 3.8) is 0 Å². The number of nitrogens with one attached hydrogen (secondary N) is 1. The molecule has 132 valence electrons. The number of rotatable bonds is 4. The van der Waals surface area contributed by atoms with Crippen LogP contribution in [0.4, 0.5) is 16.4 Å². The molecule has 0 aromatic carbocycles. The van der Waals surface area contributed by atoms with Gasteiger partial charge in [-0.2, -0.15) is 0 Å². The lowest BCUT2D eigenvalue weighted by Gasteiger charge is -2.06. The van der Waals surface area contributed by atoms with Crippen LogP contribution in [-0.4, -0.2) is 39.5 Å². The maximum Gasteiger partial charge on any atom is 0.410 e. The molecule has 1 fully saturated rings. The lowest BCUT2D eigenvalue weighted by Crippen LogP contribution is -2.17. The standard InChI is InChI=1S/C18H17N5O2S/c1-11-6-7-19-16(8-11)22-15-5-3-4-12(21-15)14-9-20-17(26-14)13-10-23(2)18(24)25-13/h3-9,13H,10H2,1-2H3,(H,19,21,22). The van der Waals surface area contributed by atoms with Gasteiger partial charge in [0.15, 0.2) is 6.10 Å². The Morgan fingerprint density at radius 2 is 2.15 bits per heavy atom. The third kappa shape index (κ3) is 3.36. The highest BCUT2D eigenvalue weighted by atomic mass is 32.1. The number of aromatic nitrogens is 3. The highest BCUT2D eigenvalue weighted by molar-refractivity contribution is 7.15. The van der Waals surface area contributed by atoms with Crippen LogP contribution in [0.1, 0.15) is 16.7 Å². The number of pyridine rings is 2. The molecule has 4 rings (SSSR count). The minimum absolute atomic E-state index is 0.316. The van der Waals surface area contributed by atoms with Crippen molar-refractivity contribution >= 4 is 29.1 Å². The summed E-state index contributed by atoms with van der Waals surface area (Å²) in [5, 5.41) is 3.99. The van der Waals surface area contributed by atoms with E-state index in [1.165, 1.54) is 11.3 Å². The zero-order valence-corrected chi connectivity index (χ0v) is 15.2. The van der Waals surface area contributed by atoms with Crippen LogP contribution in [-0.2, 0) is 4.74 Å². The van der Waals surface area contributed by atoms with Crippen LogP contribution in [0.5, 0.6) is 0 Å². The SMILES string of the molecule is Cc1ccnc(Nc2cccc(-c3cnc(C4CN(C)C(=O)O4)s3)n2)c1. The van der Waals surface area contributed by atoms with Gasteiger partial charge in [-0.1, -0.05) is 6.07 Å². The van der Waals surface area contributed by atoms with Crippen molar-refractivity contribution in [3.8, 4) is 10.6 Å². The summed E-state index contributed by atoms with van der Waals surface area (Å²) in [6.45, 7) is 2.53. The molecule has 1 aliphatic rings. The molecule has 7 nitrogen and oxygen atoms in total. The molecule has 1 N–H and O–H groups in total. The van der Waals surface area contributed by atoms with E-state index in [4.69, 9.17) is 4.74 Å². The summed E-state index contributed by atoms with van der Waals surface area (Å²) >= 11 is 1.48. The largest absolute Gasteiger partial charge is 0.437 e. The second-order valence-corrected chi connectivity index (χ2v) is 7.13. The molecule has 1 unspecified atom stereocenters. The van der Waals surface area contributed by atoms with Gasteiger partial charge in [-0.05, 0) is 36.8 Å². The Morgan fingerprint density at radius 3 is 2.92 bits per heavy atom.